The van der Waals surface area contributed by atoms with E-state index in [0.717, 1.165) is 24.0 Å². The zero-order valence-electron chi connectivity index (χ0n) is 19.8. The summed E-state index contributed by atoms with van der Waals surface area (Å²) in [5.74, 6) is 0.0427. The Kier molecular flexibility index (Phi) is 14.0. The molecule has 0 aromatic carbocycles. The maximum absolute atomic E-state index is 11.5. The number of hydrogen-bond donors (Lipinski definition) is 1. The van der Waals surface area contributed by atoms with Crippen molar-refractivity contribution >= 4 is 12.1 Å². The number of nitrogens with zero attached hydrogens (tertiary/aromatic N) is 2. The predicted octanol–water partition coefficient (Wildman–Crippen LogP) is 6.36. The number of rotatable bonds is 17. The van der Waals surface area contributed by atoms with Crippen LogP contribution in [0.2, 0.25) is 0 Å². The van der Waals surface area contributed by atoms with Crippen LogP contribution in [0.25, 0.3) is 0 Å². The zero-order chi connectivity index (χ0) is 21.4. The Morgan fingerprint density at radius 1 is 1.03 bits per heavy atom. The fourth-order valence-corrected chi connectivity index (χ4v) is 4.56. The van der Waals surface area contributed by atoms with Crippen LogP contribution in [-0.4, -0.2) is 42.0 Å². The van der Waals surface area contributed by atoms with E-state index in [1.165, 1.54) is 77.0 Å². The Bertz CT molecular complexity index is 488. The molecule has 0 bridgehead atoms. The Hall–Kier alpha value is -1.16. The molecule has 0 aromatic heterocycles. The molecule has 3 atom stereocenters. The summed E-state index contributed by atoms with van der Waals surface area (Å²) >= 11 is 0. The van der Waals surface area contributed by atoms with Crippen LogP contribution in [0.15, 0.2) is 17.1 Å². The molecular weight excluding hydrogens is 358 g/mol. The Labute approximate surface area is 180 Å². The van der Waals surface area contributed by atoms with Gasteiger partial charge in [-0.2, -0.15) is 0 Å². The molecule has 1 aliphatic rings. The van der Waals surface area contributed by atoms with Gasteiger partial charge < -0.3 is 5.32 Å². The molecule has 0 saturated heterocycles. The molecule has 0 saturated carbocycles. The minimum Gasteiger partial charge on any atom is -0.307 e. The summed E-state index contributed by atoms with van der Waals surface area (Å²) in [5, 5.41) is 3.09. The van der Waals surface area contributed by atoms with Gasteiger partial charge >= 0.3 is 0 Å². The summed E-state index contributed by atoms with van der Waals surface area (Å²) in [4.78, 5) is 16.2. The molecule has 168 valence electrons. The average Bonchev–Trinajstić information content (AvgIpc) is 3.12. The third-order valence-electron chi connectivity index (χ3n) is 6.55. The van der Waals surface area contributed by atoms with Gasteiger partial charge in [0.1, 0.15) is 6.54 Å². The number of unbranched alkanes of at least 4 members (excludes halogenated alkanes) is 11. The second kappa shape index (κ2) is 15.6. The van der Waals surface area contributed by atoms with Gasteiger partial charge in [0.05, 0.1) is 12.8 Å². The van der Waals surface area contributed by atoms with Crippen molar-refractivity contribution < 1.29 is 9.28 Å². The van der Waals surface area contributed by atoms with E-state index in [1.54, 1.807) is 6.92 Å². The second-order valence-electron chi connectivity index (χ2n) is 8.82. The largest absolute Gasteiger partial charge is 0.307 e. The van der Waals surface area contributed by atoms with E-state index in [9.17, 15) is 4.79 Å². The lowest BCUT2D eigenvalue weighted by Crippen LogP contribution is -2.63. The molecule has 0 radical (unpaired) electrons. The maximum Gasteiger partial charge on any atom is 0.221 e. The first-order valence-electron chi connectivity index (χ1n) is 12.4. The van der Waals surface area contributed by atoms with E-state index >= 15 is 0 Å². The normalized spacial score (nSPS) is 22.4. The summed E-state index contributed by atoms with van der Waals surface area (Å²) in [6.07, 6.45) is 24.5. The molecule has 1 N–H and O–H groups in total. The van der Waals surface area contributed by atoms with Crippen LogP contribution in [0, 0.1) is 0 Å². The molecule has 4 nitrogen and oxygen atoms in total. The standard InChI is InChI=1S/C25H47N3O/c1-5-7-8-9-10-11-12-13-14-15-16-17-18-19-20-25-26-21-22-28(25,6-2)23(3)27-24(4)29/h18-19,21,23,25H,5-17,20,22H2,1-4H3/p+1/b19-18+. The van der Waals surface area contributed by atoms with Crippen molar-refractivity contribution in [1.82, 2.24) is 5.32 Å². The van der Waals surface area contributed by atoms with Gasteiger partial charge in [-0.05, 0) is 19.8 Å². The monoisotopic (exact) mass is 406 g/mol. The van der Waals surface area contributed by atoms with Crippen LogP contribution in [0.5, 0.6) is 0 Å². The number of quaternary nitrogens is 1. The van der Waals surface area contributed by atoms with Crippen molar-refractivity contribution in [3.63, 3.8) is 0 Å². The molecule has 3 unspecified atom stereocenters. The van der Waals surface area contributed by atoms with E-state index in [-0.39, 0.29) is 18.2 Å². The highest BCUT2D eigenvalue weighted by atomic mass is 16.1. The van der Waals surface area contributed by atoms with E-state index < -0.39 is 0 Å². The SMILES string of the molecule is CCCCCCCCCCCCC/C=C/CC1N=CC[N+]1(CC)C(C)NC(C)=O. The molecule has 1 amide bonds. The summed E-state index contributed by atoms with van der Waals surface area (Å²) in [6, 6.07) is 0. The minimum absolute atomic E-state index is 0.0427. The first-order chi connectivity index (χ1) is 14.1. The number of carbonyl (C=O) groups excluding carboxylic acids is 1. The van der Waals surface area contributed by atoms with Crippen LogP contribution >= 0.6 is 0 Å². The lowest BCUT2D eigenvalue weighted by molar-refractivity contribution is -0.958. The average molecular weight is 407 g/mol. The number of carbonyl (C=O) groups is 1. The number of hydrogen-bond acceptors (Lipinski definition) is 2. The quantitative estimate of drug-likeness (QED) is 0.170. The van der Waals surface area contributed by atoms with Gasteiger partial charge in [-0.15, -0.1) is 0 Å². The molecule has 0 aliphatic carbocycles. The lowest BCUT2D eigenvalue weighted by Gasteiger charge is -2.42. The Morgan fingerprint density at radius 3 is 2.17 bits per heavy atom. The van der Waals surface area contributed by atoms with Crippen LogP contribution in [-0.2, 0) is 4.79 Å². The molecule has 0 fully saturated rings. The number of allylic oxidation sites excluding steroid dienone is 1. The van der Waals surface area contributed by atoms with Gasteiger partial charge in [-0.1, -0.05) is 83.3 Å². The summed E-state index contributed by atoms with van der Waals surface area (Å²) in [5.41, 5.74) is 0. The molecule has 1 heterocycles. The highest BCUT2D eigenvalue weighted by Gasteiger charge is 2.42. The number of aliphatic imine (C=N–C) groups is 1. The highest BCUT2D eigenvalue weighted by molar-refractivity contribution is 5.73. The molecule has 1 aliphatic heterocycles. The fourth-order valence-electron chi connectivity index (χ4n) is 4.56. The molecular formula is C25H48N3O+. The minimum atomic E-state index is 0.0427. The second-order valence-corrected chi connectivity index (χ2v) is 8.82. The van der Waals surface area contributed by atoms with Crippen LogP contribution in [0.1, 0.15) is 111 Å². The van der Waals surface area contributed by atoms with Crippen molar-refractivity contribution in [2.45, 2.75) is 123 Å². The summed E-state index contributed by atoms with van der Waals surface area (Å²) in [6.45, 7) is 10.1. The van der Waals surface area contributed by atoms with Crippen molar-refractivity contribution in [3.05, 3.63) is 12.2 Å². The van der Waals surface area contributed by atoms with Crippen LogP contribution in [0.4, 0.5) is 0 Å². The van der Waals surface area contributed by atoms with Crippen molar-refractivity contribution in [3.8, 4) is 0 Å². The molecule has 4 heteroatoms. The molecule has 0 spiro atoms. The molecule has 29 heavy (non-hydrogen) atoms. The lowest BCUT2D eigenvalue weighted by atomic mass is 10.1. The van der Waals surface area contributed by atoms with E-state index in [2.05, 4.69) is 38.2 Å². The first kappa shape index (κ1) is 25.9. The fraction of sp³-hybridized carbons (Fsp3) is 0.840. The van der Waals surface area contributed by atoms with Gasteiger partial charge in [-0.25, -0.2) is 4.99 Å². The van der Waals surface area contributed by atoms with Crippen LogP contribution in [0.3, 0.4) is 0 Å². The maximum atomic E-state index is 11.5. The van der Waals surface area contributed by atoms with Gasteiger partial charge in [0, 0.05) is 20.3 Å². The smallest absolute Gasteiger partial charge is 0.221 e. The van der Waals surface area contributed by atoms with E-state index in [1.807, 2.05) is 6.21 Å². The van der Waals surface area contributed by atoms with Crippen LogP contribution < -0.4 is 5.32 Å². The number of amides is 1. The third kappa shape index (κ3) is 9.93. The first-order valence-corrected chi connectivity index (χ1v) is 12.4. The zero-order valence-corrected chi connectivity index (χ0v) is 19.8. The van der Waals surface area contributed by atoms with Gasteiger partial charge in [0.25, 0.3) is 0 Å². The van der Waals surface area contributed by atoms with Gasteiger partial charge in [-0.3, -0.25) is 9.28 Å². The van der Waals surface area contributed by atoms with Gasteiger partial charge in [0.2, 0.25) is 5.91 Å². The predicted molar refractivity (Wildman–Crippen MR) is 126 cm³/mol. The Balaban J connectivity index is 2.13. The third-order valence-corrected chi connectivity index (χ3v) is 6.55. The van der Waals surface area contributed by atoms with Gasteiger partial charge in [0.15, 0.2) is 12.3 Å². The van der Waals surface area contributed by atoms with E-state index in [4.69, 9.17) is 4.99 Å². The summed E-state index contributed by atoms with van der Waals surface area (Å²) < 4.78 is 0.836. The Morgan fingerprint density at radius 2 is 1.62 bits per heavy atom. The van der Waals surface area contributed by atoms with Crippen molar-refractivity contribution in [2.75, 3.05) is 13.1 Å². The van der Waals surface area contributed by atoms with Crippen molar-refractivity contribution in [1.29, 1.82) is 0 Å². The topological polar surface area (TPSA) is 41.5 Å². The van der Waals surface area contributed by atoms with Crippen molar-refractivity contribution in [2.24, 2.45) is 4.99 Å². The van der Waals surface area contributed by atoms with E-state index in [0.29, 0.717) is 0 Å². The summed E-state index contributed by atoms with van der Waals surface area (Å²) in [7, 11) is 0. The molecule has 0 aromatic rings. The highest BCUT2D eigenvalue weighted by Crippen LogP contribution is 2.25. The molecule has 1 rings (SSSR count). The number of nitrogens with one attached hydrogen (secondary N) is 1.